The zero-order chi connectivity index (χ0) is 10.5. The Morgan fingerprint density at radius 3 is 3.20 bits per heavy atom. The minimum atomic E-state index is 0.119. The van der Waals surface area contributed by atoms with E-state index in [1.165, 1.54) is 0 Å². The number of aromatic amines is 1. The Kier molecular flexibility index (Phi) is 3.71. The molecule has 0 radical (unpaired) electrons. The molecule has 2 heterocycles. The van der Waals surface area contributed by atoms with Gasteiger partial charge in [-0.15, -0.1) is 0 Å². The Balaban J connectivity index is 1.91. The molecule has 84 valence electrons. The van der Waals surface area contributed by atoms with Crippen molar-refractivity contribution in [3.63, 3.8) is 0 Å². The summed E-state index contributed by atoms with van der Waals surface area (Å²) in [5.41, 5.74) is 0. The second-order valence-electron chi connectivity index (χ2n) is 3.62. The van der Waals surface area contributed by atoms with E-state index in [0.717, 1.165) is 12.2 Å². The third-order valence-electron chi connectivity index (χ3n) is 2.63. The average Bonchev–Trinajstić information content (AvgIpc) is 2.80. The van der Waals surface area contributed by atoms with Gasteiger partial charge in [-0.2, -0.15) is 0 Å². The van der Waals surface area contributed by atoms with E-state index in [1.54, 1.807) is 6.20 Å². The van der Waals surface area contributed by atoms with E-state index in [1.807, 2.05) is 13.2 Å². The van der Waals surface area contributed by atoms with Crippen molar-refractivity contribution in [2.45, 2.75) is 18.6 Å². The van der Waals surface area contributed by atoms with Crippen molar-refractivity contribution in [3.05, 3.63) is 18.2 Å². The zero-order valence-corrected chi connectivity index (χ0v) is 8.90. The van der Waals surface area contributed by atoms with Crippen molar-refractivity contribution in [2.24, 2.45) is 0 Å². The maximum Gasteiger partial charge on any atom is 0.107 e. The van der Waals surface area contributed by atoms with E-state index in [4.69, 9.17) is 9.47 Å². The number of H-pyrrole nitrogens is 1. The molecule has 1 aliphatic heterocycles. The molecule has 1 aromatic rings. The van der Waals surface area contributed by atoms with Crippen LogP contribution in [0.2, 0.25) is 0 Å². The van der Waals surface area contributed by atoms with Crippen LogP contribution in [-0.4, -0.2) is 49.0 Å². The average molecular weight is 211 g/mol. The van der Waals surface area contributed by atoms with Crippen LogP contribution in [0.15, 0.2) is 12.4 Å². The lowest BCUT2D eigenvalue weighted by Crippen LogP contribution is -2.46. The van der Waals surface area contributed by atoms with Gasteiger partial charge in [0.1, 0.15) is 5.82 Å². The summed E-state index contributed by atoms with van der Waals surface area (Å²) in [4.78, 5) is 7.30. The van der Waals surface area contributed by atoms with Gasteiger partial charge in [-0.05, 0) is 7.05 Å². The van der Waals surface area contributed by atoms with Crippen molar-refractivity contribution in [2.75, 3.05) is 26.9 Å². The first-order valence-electron chi connectivity index (χ1n) is 5.25. The Labute approximate surface area is 89.2 Å². The van der Waals surface area contributed by atoms with Gasteiger partial charge in [0.2, 0.25) is 0 Å². The first-order valence-corrected chi connectivity index (χ1v) is 5.25. The van der Waals surface area contributed by atoms with Crippen LogP contribution < -0.4 is 5.32 Å². The summed E-state index contributed by atoms with van der Waals surface area (Å²) in [5.74, 6) is 0.975. The molecule has 0 bridgehead atoms. The van der Waals surface area contributed by atoms with Gasteiger partial charge in [-0.3, -0.25) is 0 Å². The van der Waals surface area contributed by atoms with Gasteiger partial charge < -0.3 is 19.8 Å². The molecule has 0 spiro atoms. The van der Waals surface area contributed by atoms with Gasteiger partial charge in [0.15, 0.2) is 0 Å². The Bertz CT molecular complexity index is 270. The molecule has 1 saturated heterocycles. The van der Waals surface area contributed by atoms with Crippen LogP contribution in [0.3, 0.4) is 0 Å². The van der Waals surface area contributed by atoms with Crippen molar-refractivity contribution < 1.29 is 9.47 Å². The van der Waals surface area contributed by atoms with Gasteiger partial charge in [0.05, 0.1) is 25.9 Å². The molecule has 1 aliphatic rings. The Morgan fingerprint density at radius 2 is 2.60 bits per heavy atom. The fraction of sp³-hybridized carbons (Fsp3) is 0.700. The lowest BCUT2D eigenvalue weighted by molar-refractivity contribution is -0.101. The molecule has 2 atom stereocenters. The molecule has 15 heavy (non-hydrogen) atoms. The number of hydrogen-bond acceptors (Lipinski definition) is 4. The number of rotatable bonds is 4. The lowest BCUT2D eigenvalue weighted by Gasteiger charge is -2.29. The highest BCUT2D eigenvalue weighted by Crippen LogP contribution is 2.09. The van der Waals surface area contributed by atoms with Crippen LogP contribution >= 0.6 is 0 Å². The molecule has 0 saturated carbocycles. The third-order valence-corrected chi connectivity index (χ3v) is 2.63. The van der Waals surface area contributed by atoms with Crippen LogP contribution in [0, 0.1) is 0 Å². The maximum absolute atomic E-state index is 5.65. The topological polar surface area (TPSA) is 59.2 Å². The normalized spacial score (nSPS) is 23.9. The summed E-state index contributed by atoms with van der Waals surface area (Å²) in [6.45, 7) is 2.04. The summed E-state index contributed by atoms with van der Waals surface area (Å²) in [5, 5.41) is 3.25. The number of nitrogens with zero attached hydrogens (tertiary/aromatic N) is 1. The smallest absolute Gasteiger partial charge is 0.107 e. The number of hydrogen-bond donors (Lipinski definition) is 2. The highest BCUT2D eigenvalue weighted by atomic mass is 16.6. The van der Waals surface area contributed by atoms with Crippen LogP contribution in [0.1, 0.15) is 5.82 Å². The van der Waals surface area contributed by atoms with Gasteiger partial charge in [0.25, 0.3) is 0 Å². The standard InChI is InChI=1S/C10H17N3O2/c1-11-8(6-10-12-2-3-13-10)9-7-14-4-5-15-9/h2-3,8-9,11H,4-7H2,1H3,(H,12,13). The summed E-state index contributed by atoms with van der Waals surface area (Å²) >= 11 is 0. The molecular weight excluding hydrogens is 194 g/mol. The summed E-state index contributed by atoms with van der Waals surface area (Å²) in [6, 6.07) is 0.247. The molecule has 2 N–H and O–H groups in total. The van der Waals surface area contributed by atoms with Gasteiger partial charge in [-0.1, -0.05) is 0 Å². The SMILES string of the molecule is CNC(Cc1ncc[nH]1)C1COCCO1. The largest absolute Gasteiger partial charge is 0.376 e. The van der Waals surface area contributed by atoms with Crippen molar-refractivity contribution in [3.8, 4) is 0 Å². The molecule has 1 fully saturated rings. The molecular formula is C10H17N3O2. The van der Waals surface area contributed by atoms with Crippen LogP contribution in [0.25, 0.3) is 0 Å². The van der Waals surface area contributed by atoms with E-state index in [2.05, 4.69) is 15.3 Å². The van der Waals surface area contributed by atoms with E-state index in [0.29, 0.717) is 19.8 Å². The summed E-state index contributed by atoms with van der Waals surface area (Å²) < 4.78 is 11.0. The molecule has 0 aliphatic carbocycles. The number of ether oxygens (including phenoxy) is 2. The monoisotopic (exact) mass is 211 g/mol. The van der Waals surface area contributed by atoms with Crippen LogP contribution in [0.4, 0.5) is 0 Å². The lowest BCUT2D eigenvalue weighted by atomic mass is 10.1. The first-order chi connectivity index (χ1) is 7.40. The van der Waals surface area contributed by atoms with Crippen molar-refractivity contribution in [1.29, 1.82) is 0 Å². The van der Waals surface area contributed by atoms with Crippen molar-refractivity contribution >= 4 is 0 Å². The minimum absolute atomic E-state index is 0.119. The van der Waals surface area contributed by atoms with E-state index in [9.17, 15) is 0 Å². The number of likely N-dealkylation sites (N-methyl/N-ethyl adjacent to an activating group) is 1. The van der Waals surface area contributed by atoms with E-state index < -0.39 is 0 Å². The molecule has 1 aromatic heterocycles. The van der Waals surface area contributed by atoms with Gasteiger partial charge >= 0.3 is 0 Å². The van der Waals surface area contributed by atoms with E-state index in [-0.39, 0.29) is 12.1 Å². The third kappa shape index (κ3) is 2.77. The van der Waals surface area contributed by atoms with E-state index >= 15 is 0 Å². The first kappa shape index (κ1) is 10.6. The fourth-order valence-electron chi connectivity index (χ4n) is 1.78. The molecule has 2 rings (SSSR count). The Hall–Kier alpha value is -0.910. The number of aromatic nitrogens is 2. The molecule has 0 aromatic carbocycles. The summed E-state index contributed by atoms with van der Waals surface area (Å²) in [7, 11) is 1.94. The van der Waals surface area contributed by atoms with Crippen LogP contribution in [-0.2, 0) is 15.9 Å². The second kappa shape index (κ2) is 5.25. The predicted molar refractivity (Wildman–Crippen MR) is 55.7 cm³/mol. The van der Waals surface area contributed by atoms with Crippen molar-refractivity contribution in [1.82, 2.24) is 15.3 Å². The highest BCUT2D eigenvalue weighted by molar-refractivity contribution is 4.93. The quantitative estimate of drug-likeness (QED) is 0.733. The van der Waals surface area contributed by atoms with Gasteiger partial charge in [-0.25, -0.2) is 4.98 Å². The number of nitrogens with one attached hydrogen (secondary N) is 2. The predicted octanol–water partition coefficient (Wildman–Crippen LogP) is -0.0444. The number of imidazole rings is 1. The summed E-state index contributed by atoms with van der Waals surface area (Å²) in [6.07, 6.45) is 4.55. The Morgan fingerprint density at radius 1 is 1.67 bits per heavy atom. The maximum atomic E-state index is 5.65. The van der Waals surface area contributed by atoms with Gasteiger partial charge in [0, 0.05) is 24.9 Å². The molecule has 5 heteroatoms. The zero-order valence-electron chi connectivity index (χ0n) is 8.90. The molecule has 0 amide bonds. The highest BCUT2D eigenvalue weighted by Gasteiger charge is 2.24. The second-order valence-corrected chi connectivity index (χ2v) is 3.62. The minimum Gasteiger partial charge on any atom is -0.376 e. The molecule has 5 nitrogen and oxygen atoms in total. The molecule has 2 unspecified atom stereocenters. The van der Waals surface area contributed by atoms with Crippen LogP contribution in [0.5, 0.6) is 0 Å². The fourth-order valence-corrected chi connectivity index (χ4v) is 1.78.